The summed E-state index contributed by atoms with van der Waals surface area (Å²) < 4.78 is 19.7. The minimum atomic E-state index is -0.437. The quantitative estimate of drug-likeness (QED) is 0.876. The summed E-state index contributed by atoms with van der Waals surface area (Å²) in [5.41, 5.74) is 7.84. The van der Waals surface area contributed by atoms with E-state index in [1.807, 2.05) is 37.3 Å². The van der Waals surface area contributed by atoms with E-state index in [0.29, 0.717) is 16.6 Å². The van der Waals surface area contributed by atoms with E-state index < -0.39 is 6.04 Å². The summed E-state index contributed by atoms with van der Waals surface area (Å²) >= 11 is 3.26. The molecule has 0 aromatic heterocycles. The van der Waals surface area contributed by atoms with Gasteiger partial charge in [0, 0.05) is 5.56 Å². The highest BCUT2D eigenvalue weighted by Crippen LogP contribution is 2.33. The molecule has 0 saturated carbocycles. The molecule has 1 atom stereocenters. The lowest BCUT2D eigenvalue weighted by molar-refractivity contribution is 0.313. The van der Waals surface area contributed by atoms with Gasteiger partial charge in [-0.25, -0.2) is 4.39 Å². The van der Waals surface area contributed by atoms with Gasteiger partial charge in [0.15, 0.2) is 0 Å². The summed E-state index contributed by atoms with van der Waals surface area (Å²) in [7, 11) is 0. The van der Waals surface area contributed by atoms with Crippen molar-refractivity contribution in [3.8, 4) is 5.75 Å². The van der Waals surface area contributed by atoms with E-state index in [9.17, 15) is 4.39 Å². The predicted molar refractivity (Wildman–Crippen MR) is 82.4 cm³/mol. The number of benzene rings is 2. The van der Waals surface area contributed by atoms with Crippen molar-refractivity contribution in [1.29, 1.82) is 0 Å². The zero-order valence-corrected chi connectivity index (χ0v) is 12.9. The predicted octanol–water partition coefficient (Wildman–Crippen LogP) is 4.43. The number of nitrogens with two attached hydrogens (primary N) is 1. The number of rotatable bonds is 5. The average molecular weight is 338 g/mol. The minimum absolute atomic E-state index is 0.315. The zero-order chi connectivity index (χ0) is 14.5. The van der Waals surface area contributed by atoms with Crippen LogP contribution in [0.2, 0.25) is 0 Å². The van der Waals surface area contributed by atoms with Crippen LogP contribution >= 0.6 is 15.9 Å². The number of ether oxygens (including phenoxy) is 1. The van der Waals surface area contributed by atoms with Crippen LogP contribution in [0.4, 0.5) is 4.39 Å². The van der Waals surface area contributed by atoms with Crippen LogP contribution < -0.4 is 10.5 Å². The fraction of sp³-hybridized carbons (Fsp3) is 0.250. The van der Waals surface area contributed by atoms with Crippen LogP contribution in [0.3, 0.4) is 0 Å². The van der Waals surface area contributed by atoms with E-state index in [4.69, 9.17) is 10.5 Å². The third-order valence-corrected chi connectivity index (χ3v) is 3.87. The third kappa shape index (κ3) is 3.19. The molecule has 0 heterocycles. The molecule has 2 N–H and O–H groups in total. The van der Waals surface area contributed by atoms with Gasteiger partial charge in [-0.1, -0.05) is 37.3 Å². The van der Waals surface area contributed by atoms with Crippen LogP contribution in [0.5, 0.6) is 5.75 Å². The van der Waals surface area contributed by atoms with Crippen molar-refractivity contribution in [2.24, 2.45) is 5.73 Å². The van der Waals surface area contributed by atoms with Crippen LogP contribution in [0.25, 0.3) is 0 Å². The molecule has 0 spiro atoms. The summed E-state index contributed by atoms with van der Waals surface area (Å²) in [6.07, 6.45) is 0.924. The molecule has 0 amide bonds. The van der Waals surface area contributed by atoms with Crippen LogP contribution in [-0.4, -0.2) is 6.61 Å². The van der Waals surface area contributed by atoms with Gasteiger partial charge < -0.3 is 10.5 Å². The molecular formula is C16H17BrFNO. The fourth-order valence-electron chi connectivity index (χ4n) is 2.01. The molecule has 106 valence electrons. The Morgan fingerprint density at radius 3 is 2.60 bits per heavy atom. The zero-order valence-electron chi connectivity index (χ0n) is 11.3. The average Bonchev–Trinajstić information content (AvgIpc) is 2.47. The van der Waals surface area contributed by atoms with Crippen molar-refractivity contribution in [2.75, 3.05) is 6.61 Å². The summed E-state index contributed by atoms with van der Waals surface area (Å²) in [5.74, 6) is 0.433. The second kappa shape index (κ2) is 6.86. The Hall–Kier alpha value is -1.39. The largest absolute Gasteiger partial charge is 0.493 e. The standard InChI is InChI=1S/C16H17BrFNO/c1-2-10-20-14-9-4-3-6-11(14)16(19)12-7-5-8-13(18)15(12)17/h3-9,16H,2,10,19H2,1H3. The van der Waals surface area contributed by atoms with Crippen LogP contribution in [0.15, 0.2) is 46.9 Å². The second-order valence-corrected chi connectivity index (χ2v) is 5.30. The summed E-state index contributed by atoms with van der Waals surface area (Å²) in [5, 5.41) is 0. The van der Waals surface area contributed by atoms with Gasteiger partial charge in [0.2, 0.25) is 0 Å². The highest BCUT2D eigenvalue weighted by Gasteiger charge is 2.18. The van der Waals surface area contributed by atoms with Crippen molar-refractivity contribution in [2.45, 2.75) is 19.4 Å². The van der Waals surface area contributed by atoms with E-state index in [1.54, 1.807) is 6.07 Å². The summed E-state index contributed by atoms with van der Waals surface area (Å²) in [6, 6.07) is 12.0. The Labute approximate surface area is 126 Å². The molecular weight excluding hydrogens is 321 g/mol. The first-order valence-electron chi connectivity index (χ1n) is 6.56. The maximum absolute atomic E-state index is 13.6. The maximum Gasteiger partial charge on any atom is 0.137 e. The molecule has 0 saturated heterocycles. The summed E-state index contributed by atoms with van der Waals surface area (Å²) in [4.78, 5) is 0. The molecule has 2 rings (SSSR count). The van der Waals surface area contributed by atoms with Gasteiger partial charge in [0.25, 0.3) is 0 Å². The number of halogens is 2. The fourth-order valence-corrected chi connectivity index (χ4v) is 2.52. The monoisotopic (exact) mass is 337 g/mol. The highest BCUT2D eigenvalue weighted by atomic mass is 79.9. The molecule has 0 aliphatic rings. The van der Waals surface area contributed by atoms with Crippen molar-refractivity contribution in [1.82, 2.24) is 0 Å². The maximum atomic E-state index is 13.6. The molecule has 0 fully saturated rings. The topological polar surface area (TPSA) is 35.2 Å². The van der Waals surface area contributed by atoms with Crippen molar-refractivity contribution >= 4 is 15.9 Å². The van der Waals surface area contributed by atoms with Crippen LogP contribution in [0, 0.1) is 5.82 Å². The van der Waals surface area contributed by atoms with E-state index in [-0.39, 0.29) is 5.82 Å². The Morgan fingerprint density at radius 2 is 1.85 bits per heavy atom. The smallest absolute Gasteiger partial charge is 0.137 e. The summed E-state index contributed by atoms with van der Waals surface area (Å²) in [6.45, 7) is 2.68. The Morgan fingerprint density at radius 1 is 1.15 bits per heavy atom. The van der Waals surface area contributed by atoms with Crippen molar-refractivity contribution in [3.05, 3.63) is 63.9 Å². The number of hydrogen-bond donors (Lipinski definition) is 1. The molecule has 2 nitrogen and oxygen atoms in total. The van der Waals surface area contributed by atoms with Crippen LogP contribution in [0.1, 0.15) is 30.5 Å². The lowest BCUT2D eigenvalue weighted by Crippen LogP contribution is -2.14. The molecule has 0 aliphatic carbocycles. The van der Waals surface area contributed by atoms with Gasteiger partial charge in [-0.2, -0.15) is 0 Å². The molecule has 20 heavy (non-hydrogen) atoms. The number of hydrogen-bond acceptors (Lipinski definition) is 2. The molecule has 2 aromatic rings. The minimum Gasteiger partial charge on any atom is -0.493 e. The van der Waals surface area contributed by atoms with Gasteiger partial charge in [-0.05, 0) is 40.0 Å². The molecule has 4 heteroatoms. The second-order valence-electron chi connectivity index (χ2n) is 4.51. The Bertz CT molecular complexity index is 588. The first-order valence-corrected chi connectivity index (χ1v) is 7.35. The Balaban J connectivity index is 2.38. The van der Waals surface area contributed by atoms with E-state index >= 15 is 0 Å². The van der Waals surface area contributed by atoms with Gasteiger partial charge in [0.1, 0.15) is 11.6 Å². The van der Waals surface area contributed by atoms with E-state index in [1.165, 1.54) is 6.07 Å². The molecule has 0 radical (unpaired) electrons. The highest BCUT2D eigenvalue weighted by molar-refractivity contribution is 9.10. The number of para-hydroxylation sites is 1. The third-order valence-electron chi connectivity index (χ3n) is 3.03. The molecule has 2 aromatic carbocycles. The first kappa shape index (κ1) is 15.0. The van der Waals surface area contributed by atoms with Crippen molar-refractivity contribution < 1.29 is 9.13 Å². The SMILES string of the molecule is CCCOc1ccccc1C(N)c1cccc(F)c1Br. The Kier molecular flexibility index (Phi) is 5.15. The molecule has 0 aliphatic heterocycles. The lowest BCUT2D eigenvalue weighted by atomic mass is 9.98. The van der Waals surface area contributed by atoms with E-state index in [2.05, 4.69) is 15.9 Å². The normalized spacial score (nSPS) is 12.2. The van der Waals surface area contributed by atoms with Gasteiger partial charge in [-0.3, -0.25) is 0 Å². The molecule has 1 unspecified atom stereocenters. The van der Waals surface area contributed by atoms with Gasteiger partial charge in [0.05, 0.1) is 17.1 Å². The van der Waals surface area contributed by atoms with E-state index in [0.717, 1.165) is 17.7 Å². The van der Waals surface area contributed by atoms with Gasteiger partial charge in [-0.15, -0.1) is 0 Å². The van der Waals surface area contributed by atoms with Gasteiger partial charge >= 0.3 is 0 Å². The molecule has 0 bridgehead atoms. The van der Waals surface area contributed by atoms with Crippen molar-refractivity contribution in [3.63, 3.8) is 0 Å². The lowest BCUT2D eigenvalue weighted by Gasteiger charge is -2.18. The first-order chi connectivity index (χ1) is 9.65. The van der Waals surface area contributed by atoms with Crippen LogP contribution in [-0.2, 0) is 0 Å².